The van der Waals surface area contributed by atoms with Crippen LogP contribution in [0.2, 0.25) is 0 Å². The number of amides is 1. The first-order valence-electron chi connectivity index (χ1n) is 9.24. The van der Waals surface area contributed by atoms with Gasteiger partial charge in [-0.1, -0.05) is 32.1 Å². The van der Waals surface area contributed by atoms with Crippen LogP contribution in [0.25, 0.3) is 5.69 Å². The lowest BCUT2D eigenvalue weighted by molar-refractivity contribution is 0.102. The largest absolute Gasteiger partial charge is 0.305 e. The van der Waals surface area contributed by atoms with Crippen molar-refractivity contribution in [3.8, 4) is 5.69 Å². The Morgan fingerprint density at radius 3 is 2.73 bits per heavy atom. The fraction of sp³-hybridized carbons (Fsp3) is 0.350. The van der Waals surface area contributed by atoms with Crippen LogP contribution in [0, 0.1) is 5.92 Å². The van der Waals surface area contributed by atoms with Gasteiger partial charge in [-0.15, -0.1) is 0 Å². The van der Waals surface area contributed by atoms with Crippen molar-refractivity contribution in [2.75, 3.05) is 5.32 Å². The summed E-state index contributed by atoms with van der Waals surface area (Å²) in [6.45, 7) is 0. The molecule has 1 saturated carbocycles. The number of hydrogen-bond donors (Lipinski definition) is 2. The van der Waals surface area contributed by atoms with E-state index in [2.05, 4.69) is 20.6 Å². The highest BCUT2D eigenvalue weighted by atomic mass is 16.1. The maximum Gasteiger partial charge on any atom is 0.256 e. The Balaban J connectivity index is 1.37. The summed E-state index contributed by atoms with van der Waals surface area (Å²) in [5.74, 6) is 1.16. The summed E-state index contributed by atoms with van der Waals surface area (Å²) in [5.41, 5.74) is 2.61. The van der Waals surface area contributed by atoms with E-state index in [0.717, 1.165) is 23.7 Å². The summed E-state index contributed by atoms with van der Waals surface area (Å²) >= 11 is 0. The maximum atomic E-state index is 12.4. The molecule has 2 heterocycles. The van der Waals surface area contributed by atoms with Crippen molar-refractivity contribution >= 4 is 11.7 Å². The summed E-state index contributed by atoms with van der Waals surface area (Å²) in [5, 5.41) is 14.3. The molecule has 0 unspecified atom stereocenters. The van der Waals surface area contributed by atoms with Crippen molar-refractivity contribution in [3.05, 3.63) is 60.0 Å². The molecule has 2 aromatic heterocycles. The fourth-order valence-corrected chi connectivity index (χ4v) is 3.61. The molecule has 1 fully saturated rings. The van der Waals surface area contributed by atoms with Crippen LogP contribution in [-0.2, 0) is 6.42 Å². The van der Waals surface area contributed by atoms with E-state index in [1.54, 1.807) is 23.0 Å². The van der Waals surface area contributed by atoms with E-state index in [1.807, 2.05) is 30.5 Å². The van der Waals surface area contributed by atoms with Crippen molar-refractivity contribution in [1.29, 1.82) is 0 Å². The molecule has 6 nitrogen and oxygen atoms in total. The number of rotatable bonds is 5. The van der Waals surface area contributed by atoms with Crippen molar-refractivity contribution in [2.45, 2.75) is 38.5 Å². The third-order valence-electron chi connectivity index (χ3n) is 5.00. The standard InChI is InChI=1S/C20H23N5O/c26-20(16-7-9-18(10-8-16)25-12-4-11-21-25)22-19-14-17(23-24-19)13-15-5-2-1-3-6-15/h4,7-12,14-15H,1-3,5-6,13H2,(H2,22,23,24,26). The van der Waals surface area contributed by atoms with Gasteiger partial charge in [0.05, 0.1) is 5.69 Å². The maximum absolute atomic E-state index is 12.4. The second-order valence-electron chi connectivity index (χ2n) is 6.94. The molecule has 2 N–H and O–H groups in total. The SMILES string of the molecule is O=C(Nc1cc(CC2CCCCC2)[nH]n1)c1ccc(-n2cccn2)cc1. The molecule has 6 heteroatoms. The van der Waals surface area contributed by atoms with E-state index in [9.17, 15) is 4.79 Å². The van der Waals surface area contributed by atoms with Crippen molar-refractivity contribution in [2.24, 2.45) is 5.92 Å². The molecule has 1 aromatic carbocycles. The molecule has 134 valence electrons. The lowest BCUT2D eigenvalue weighted by Gasteiger charge is -2.20. The quantitative estimate of drug-likeness (QED) is 0.732. The molecule has 0 bridgehead atoms. The predicted molar refractivity (Wildman–Crippen MR) is 100 cm³/mol. The van der Waals surface area contributed by atoms with Gasteiger partial charge in [-0.05, 0) is 42.7 Å². The Morgan fingerprint density at radius 1 is 1.19 bits per heavy atom. The molecule has 0 radical (unpaired) electrons. The molecule has 0 atom stereocenters. The van der Waals surface area contributed by atoms with Crippen LogP contribution >= 0.6 is 0 Å². The summed E-state index contributed by atoms with van der Waals surface area (Å²) in [4.78, 5) is 12.4. The Morgan fingerprint density at radius 2 is 2.00 bits per heavy atom. The van der Waals surface area contributed by atoms with Gasteiger partial charge >= 0.3 is 0 Å². The molecule has 0 saturated heterocycles. The van der Waals surface area contributed by atoms with Crippen LogP contribution in [0.1, 0.15) is 48.2 Å². The summed E-state index contributed by atoms with van der Waals surface area (Å²) in [6.07, 6.45) is 11.2. The third-order valence-corrected chi connectivity index (χ3v) is 5.00. The van der Waals surface area contributed by atoms with Crippen LogP contribution in [0.15, 0.2) is 48.8 Å². The van der Waals surface area contributed by atoms with E-state index < -0.39 is 0 Å². The van der Waals surface area contributed by atoms with Gasteiger partial charge < -0.3 is 5.32 Å². The molecule has 1 amide bonds. The summed E-state index contributed by atoms with van der Waals surface area (Å²) in [7, 11) is 0. The van der Waals surface area contributed by atoms with Crippen molar-refractivity contribution < 1.29 is 4.79 Å². The third kappa shape index (κ3) is 3.85. The zero-order valence-corrected chi connectivity index (χ0v) is 14.7. The lowest BCUT2D eigenvalue weighted by atomic mass is 9.86. The number of carbonyl (C=O) groups is 1. The van der Waals surface area contributed by atoms with E-state index in [4.69, 9.17) is 0 Å². The highest BCUT2D eigenvalue weighted by molar-refractivity contribution is 6.03. The van der Waals surface area contributed by atoms with Gasteiger partial charge in [-0.25, -0.2) is 4.68 Å². The molecule has 0 spiro atoms. The van der Waals surface area contributed by atoms with E-state index in [0.29, 0.717) is 11.4 Å². The Bertz CT molecular complexity index is 845. The first-order chi connectivity index (χ1) is 12.8. The van der Waals surface area contributed by atoms with Crippen LogP contribution in [0.5, 0.6) is 0 Å². The minimum Gasteiger partial charge on any atom is -0.305 e. The highest BCUT2D eigenvalue weighted by Gasteiger charge is 2.16. The monoisotopic (exact) mass is 349 g/mol. The van der Waals surface area contributed by atoms with Crippen molar-refractivity contribution in [1.82, 2.24) is 20.0 Å². The predicted octanol–water partition coefficient (Wildman–Crippen LogP) is 3.97. The number of hydrogen-bond acceptors (Lipinski definition) is 3. The van der Waals surface area contributed by atoms with Gasteiger partial charge in [0.2, 0.25) is 0 Å². The summed E-state index contributed by atoms with van der Waals surface area (Å²) in [6, 6.07) is 11.2. The zero-order chi connectivity index (χ0) is 17.8. The second-order valence-corrected chi connectivity index (χ2v) is 6.94. The number of nitrogens with zero attached hydrogens (tertiary/aromatic N) is 3. The number of aromatic amines is 1. The Kier molecular flexibility index (Phi) is 4.82. The van der Waals surface area contributed by atoms with E-state index in [1.165, 1.54) is 32.1 Å². The molecular weight excluding hydrogens is 326 g/mol. The molecular formula is C20H23N5O. The number of aromatic nitrogens is 4. The number of anilines is 1. The molecule has 1 aliphatic carbocycles. The first-order valence-corrected chi connectivity index (χ1v) is 9.24. The molecule has 3 aromatic rings. The number of benzene rings is 1. The average Bonchev–Trinajstić information content (AvgIpc) is 3.35. The van der Waals surface area contributed by atoms with Crippen LogP contribution in [-0.4, -0.2) is 25.9 Å². The average molecular weight is 349 g/mol. The Hall–Kier alpha value is -2.89. The van der Waals surface area contributed by atoms with Crippen LogP contribution < -0.4 is 5.32 Å². The number of carbonyl (C=O) groups excluding carboxylic acids is 1. The van der Waals surface area contributed by atoms with Gasteiger partial charge in [0, 0.05) is 29.7 Å². The highest BCUT2D eigenvalue weighted by Crippen LogP contribution is 2.26. The van der Waals surface area contributed by atoms with Gasteiger partial charge in [0.1, 0.15) is 0 Å². The number of nitrogens with one attached hydrogen (secondary N) is 2. The van der Waals surface area contributed by atoms with Crippen LogP contribution in [0.3, 0.4) is 0 Å². The molecule has 4 rings (SSSR count). The zero-order valence-electron chi connectivity index (χ0n) is 14.7. The minimum absolute atomic E-state index is 0.160. The van der Waals surface area contributed by atoms with Gasteiger partial charge in [0.25, 0.3) is 5.91 Å². The van der Waals surface area contributed by atoms with E-state index >= 15 is 0 Å². The van der Waals surface area contributed by atoms with Gasteiger partial charge in [-0.3, -0.25) is 9.89 Å². The van der Waals surface area contributed by atoms with Crippen molar-refractivity contribution in [3.63, 3.8) is 0 Å². The number of H-pyrrole nitrogens is 1. The normalized spacial score (nSPS) is 15.1. The molecule has 1 aliphatic rings. The molecule has 0 aliphatic heterocycles. The van der Waals surface area contributed by atoms with Gasteiger partial charge in [-0.2, -0.15) is 10.2 Å². The smallest absolute Gasteiger partial charge is 0.256 e. The lowest BCUT2D eigenvalue weighted by Crippen LogP contribution is -2.12. The van der Waals surface area contributed by atoms with Gasteiger partial charge in [0.15, 0.2) is 5.82 Å². The Labute approximate surface area is 152 Å². The van der Waals surface area contributed by atoms with Crippen LogP contribution in [0.4, 0.5) is 5.82 Å². The first kappa shape index (κ1) is 16.6. The second kappa shape index (κ2) is 7.56. The minimum atomic E-state index is -0.160. The summed E-state index contributed by atoms with van der Waals surface area (Å²) < 4.78 is 1.76. The topological polar surface area (TPSA) is 75.6 Å². The fourth-order valence-electron chi connectivity index (χ4n) is 3.61. The molecule has 26 heavy (non-hydrogen) atoms. The van der Waals surface area contributed by atoms with E-state index in [-0.39, 0.29) is 5.91 Å².